The molecule has 1 aromatic carbocycles. The van der Waals surface area contributed by atoms with Crippen LogP contribution in [0.4, 0.5) is 4.39 Å². The van der Waals surface area contributed by atoms with Gasteiger partial charge in [-0.3, -0.25) is 0 Å². The lowest BCUT2D eigenvalue weighted by Crippen LogP contribution is -2.33. The lowest BCUT2D eigenvalue weighted by molar-refractivity contribution is 0.358. The molecule has 0 amide bonds. The van der Waals surface area contributed by atoms with E-state index in [9.17, 15) is 12.8 Å². The van der Waals surface area contributed by atoms with Crippen LogP contribution in [0.2, 0.25) is 0 Å². The Morgan fingerprint density at radius 3 is 2.74 bits per heavy atom. The Morgan fingerprint density at radius 1 is 1.47 bits per heavy atom. The summed E-state index contributed by atoms with van der Waals surface area (Å²) < 4.78 is 39.7. The van der Waals surface area contributed by atoms with Crippen molar-refractivity contribution in [1.29, 1.82) is 5.26 Å². The van der Waals surface area contributed by atoms with Gasteiger partial charge >= 0.3 is 0 Å². The summed E-state index contributed by atoms with van der Waals surface area (Å²) in [6, 6.07) is 5.12. The first-order valence-electron chi connectivity index (χ1n) is 5.79. The standard InChI is InChI=1S/C12H16FN3O2S/c1-3-16(2)8-7-15-19(17,18)12-6-4-5-11(13)10(12)9-14/h4-6,15H,3,7-8H2,1-2H3. The third-order valence-corrected chi connectivity index (χ3v) is 4.21. The highest BCUT2D eigenvalue weighted by Crippen LogP contribution is 2.17. The topological polar surface area (TPSA) is 73.2 Å². The van der Waals surface area contributed by atoms with Crippen molar-refractivity contribution < 1.29 is 12.8 Å². The van der Waals surface area contributed by atoms with E-state index >= 15 is 0 Å². The molecule has 0 radical (unpaired) electrons. The molecule has 19 heavy (non-hydrogen) atoms. The zero-order chi connectivity index (χ0) is 14.5. The Bertz CT molecular complexity index is 581. The van der Waals surface area contributed by atoms with Crippen LogP contribution in [-0.4, -0.2) is 40.0 Å². The van der Waals surface area contributed by atoms with E-state index in [0.717, 1.165) is 12.6 Å². The third-order valence-electron chi connectivity index (χ3n) is 2.70. The summed E-state index contributed by atoms with van der Waals surface area (Å²) in [7, 11) is -2.01. The Balaban J connectivity index is 2.90. The molecule has 1 N–H and O–H groups in total. The molecule has 0 bridgehead atoms. The lowest BCUT2D eigenvalue weighted by atomic mass is 10.2. The normalized spacial score (nSPS) is 11.5. The smallest absolute Gasteiger partial charge is 0.242 e. The molecule has 0 unspecified atom stereocenters. The molecule has 1 rings (SSSR count). The molecule has 0 fully saturated rings. The van der Waals surface area contributed by atoms with Crippen LogP contribution in [0.1, 0.15) is 12.5 Å². The highest BCUT2D eigenvalue weighted by Gasteiger charge is 2.20. The summed E-state index contributed by atoms with van der Waals surface area (Å²) in [6.45, 7) is 3.49. The van der Waals surface area contributed by atoms with Gasteiger partial charge in [0.05, 0.1) is 0 Å². The summed E-state index contributed by atoms with van der Waals surface area (Å²) in [6.07, 6.45) is 0. The number of nitrogens with one attached hydrogen (secondary N) is 1. The van der Waals surface area contributed by atoms with Crippen LogP contribution in [0, 0.1) is 17.1 Å². The van der Waals surface area contributed by atoms with E-state index < -0.39 is 21.4 Å². The van der Waals surface area contributed by atoms with Crippen molar-refractivity contribution >= 4 is 10.0 Å². The molecule has 7 heteroatoms. The minimum Gasteiger partial charge on any atom is -0.305 e. The number of nitrogens with zero attached hydrogens (tertiary/aromatic N) is 2. The van der Waals surface area contributed by atoms with Gasteiger partial charge in [0.1, 0.15) is 22.3 Å². The molecule has 1 aromatic rings. The van der Waals surface area contributed by atoms with Crippen LogP contribution >= 0.6 is 0 Å². The second-order valence-electron chi connectivity index (χ2n) is 4.02. The molecule has 0 aliphatic carbocycles. The number of sulfonamides is 1. The Labute approximate surface area is 112 Å². The number of benzene rings is 1. The molecule has 0 heterocycles. The number of likely N-dealkylation sites (N-methyl/N-ethyl adjacent to an activating group) is 1. The Morgan fingerprint density at radius 2 is 2.16 bits per heavy atom. The molecule has 5 nitrogen and oxygen atoms in total. The largest absolute Gasteiger partial charge is 0.305 e. The SMILES string of the molecule is CCN(C)CCNS(=O)(=O)c1cccc(F)c1C#N. The van der Waals surface area contributed by atoms with Gasteiger partial charge in [-0.25, -0.2) is 17.5 Å². The average Bonchev–Trinajstić information content (AvgIpc) is 2.37. The van der Waals surface area contributed by atoms with Crippen LogP contribution in [0.3, 0.4) is 0 Å². The number of nitriles is 1. The van der Waals surface area contributed by atoms with Crippen molar-refractivity contribution in [3.05, 3.63) is 29.6 Å². The van der Waals surface area contributed by atoms with Crippen molar-refractivity contribution in [2.24, 2.45) is 0 Å². The predicted molar refractivity (Wildman–Crippen MR) is 69.5 cm³/mol. The van der Waals surface area contributed by atoms with Crippen molar-refractivity contribution in [2.75, 3.05) is 26.7 Å². The van der Waals surface area contributed by atoms with Gasteiger partial charge in [-0.1, -0.05) is 13.0 Å². The highest BCUT2D eigenvalue weighted by atomic mass is 32.2. The van der Waals surface area contributed by atoms with Crippen molar-refractivity contribution in [1.82, 2.24) is 9.62 Å². The average molecular weight is 285 g/mol. The molecule has 0 spiro atoms. The van der Waals surface area contributed by atoms with Gasteiger partial charge in [-0.15, -0.1) is 0 Å². The van der Waals surface area contributed by atoms with E-state index in [-0.39, 0.29) is 11.4 Å². The lowest BCUT2D eigenvalue weighted by Gasteiger charge is -2.14. The number of rotatable bonds is 6. The molecular formula is C12H16FN3O2S. The van der Waals surface area contributed by atoms with Crippen LogP contribution in [0.15, 0.2) is 23.1 Å². The molecule has 0 saturated heterocycles. The van der Waals surface area contributed by atoms with Gasteiger partial charge in [-0.2, -0.15) is 5.26 Å². The van der Waals surface area contributed by atoms with E-state index in [0.29, 0.717) is 6.54 Å². The van der Waals surface area contributed by atoms with Gasteiger partial charge in [0, 0.05) is 13.1 Å². The zero-order valence-electron chi connectivity index (χ0n) is 10.9. The number of hydrogen-bond acceptors (Lipinski definition) is 4. The Hall–Kier alpha value is -1.49. The minimum atomic E-state index is -3.87. The maximum absolute atomic E-state index is 13.4. The fraction of sp³-hybridized carbons (Fsp3) is 0.417. The molecule has 104 valence electrons. The Kier molecular flexibility index (Phi) is 5.42. The van der Waals surface area contributed by atoms with E-state index in [1.165, 1.54) is 12.1 Å². The number of halogens is 1. The fourth-order valence-corrected chi connectivity index (χ4v) is 2.63. The monoisotopic (exact) mass is 285 g/mol. The molecule has 0 saturated carbocycles. The number of hydrogen-bond donors (Lipinski definition) is 1. The summed E-state index contributed by atoms with van der Waals surface area (Å²) in [5, 5.41) is 8.82. The quantitative estimate of drug-likeness (QED) is 0.844. The van der Waals surface area contributed by atoms with Crippen molar-refractivity contribution in [3.8, 4) is 6.07 Å². The summed E-state index contributed by atoms with van der Waals surface area (Å²) >= 11 is 0. The summed E-state index contributed by atoms with van der Waals surface area (Å²) in [4.78, 5) is 1.61. The van der Waals surface area contributed by atoms with Crippen LogP contribution in [0.25, 0.3) is 0 Å². The molecule has 0 aromatic heterocycles. The minimum absolute atomic E-state index is 0.202. The van der Waals surface area contributed by atoms with Gasteiger partial charge in [0.2, 0.25) is 10.0 Å². The van der Waals surface area contributed by atoms with E-state index in [1.807, 2.05) is 18.9 Å². The van der Waals surface area contributed by atoms with Crippen molar-refractivity contribution in [3.63, 3.8) is 0 Å². The second-order valence-corrected chi connectivity index (χ2v) is 5.75. The molecule has 0 aliphatic rings. The first kappa shape index (κ1) is 15.6. The zero-order valence-corrected chi connectivity index (χ0v) is 11.7. The fourth-order valence-electron chi connectivity index (χ4n) is 1.44. The summed E-state index contributed by atoms with van der Waals surface area (Å²) in [5.74, 6) is -0.837. The molecular weight excluding hydrogens is 269 g/mol. The summed E-state index contributed by atoms with van der Waals surface area (Å²) in [5.41, 5.74) is -0.459. The predicted octanol–water partition coefficient (Wildman–Crippen LogP) is 0.927. The van der Waals surface area contributed by atoms with Gasteiger partial charge in [0.25, 0.3) is 0 Å². The first-order chi connectivity index (χ1) is 8.92. The molecule has 0 aliphatic heterocycles. The van der Waals surface area contributed by atoms with Crippen LogP contribution in [-0.2, 0) is 10.0 Å². The van der Waals surface area contributed by atoms with Crippen LogP contribution in [0.5, 0.6) is 0 Å². The van der Waals surface area contributed by atoms with E-state index in [1.54, 1.807) is 6.07 Å². The third kappa shape index (κ3) is 3.99. The highest BCUT2D eigenvalue weighted by molar-refractivity contribution is 7.89. The van der Waals surface area contributed by atoms with E-state index in [4.69, 9.17) is 5.26 Å². The molecule has 0 atom stereocenters. The van der Waals surface area contributed by atoms with Gasteiger partial charge < -0.3 is 4.90 Å². The van der Waals surface area contributed by atoms with E-state index in [2.05, 4.69) is 4.72 Å². The van der Waals surface area contributed by atoms with Crippen molar-refractivity contribution in [2.45, 2.75) is 11.8 Å². The maximum Gasteiger partial charge on any atom is 0.242 e. The first-order valence-corrected chi connectivity index (χ1v) is 7.27. The maximum atomic E-state index is 13.4. The second kappa shape index (κ2) is 6.61. The van der Waals surface area contributed by atoms with Crippen LogP contribution < -0.4 is 4.72 Å². The van der Waals surface area contributed by atoms with Gasteiger partial charge in [-0.05, 0) is 25.7 Å². The van der Waals surface area contributed by atoms with Gasteiger partial charge in [0.15, 0.2) is 0 Å².